The summed E-state index contributed by atoms with van der Waals surface area (Å²) < 4.78 is 6.21. The summed E-state index contributed by atoms with van der Waals surface area (Å²) in [5, 5.41) is 0. The number of rotatable bonds is 4. The molecular formula is C15H28N2OS. The van der Waals surface area contributed by atoms with Crippen LogP contribution in [0.15, 0.2) is 0 Å². The Kier molecular flexibility index (Phi) is 4.42. The number of hydrazine groups is 1. The molecule has 19 heavy (non-hydrogen) atoms. The van der Waals surface area contributed by atoms with Gasteiger partial charge in [0.2, 0.25) is 0 Å². The fraction of sp³-hybridized carbons (Fsp3) is 1.00. The third-order valence-electron chi connectivity index (χ3n) is 5.57. The van der Waals surface area contributed by atoms with Gasteiger partial charge in [0, 0.05) is 12.6 Å². The summed E-state index contributed by atoms with van der Waals surface area (Å²) in [5.41, 5.74) is 3.34. The van der Waals surface area contributed by atoms with Gasteiger partial charge in [0.05, 0.1) is 5.60 Å². The fourth-order valence-corrected chi connectivity index (χ4v) is 5.33. The molecule has 3 nitrogen and oxygen atoms in total. The molecule has 4 heteroatoms. The minimum absolute atomic E-state index is 0.187. The summed E-state index contributed by atoms with van der Waals surface area (Å²) in [7, 11) is 0. The maximum atomic E-state index is 6.21. The molecule has 1 aliphatic carbocycles. The highest BCUT2D eigenvalue weighted by Crippen LogP contribution is 2.45. The molecule has 3 atom stereocenters. The predicted octanol–water partition coefficient (Wildman–Crippen LogP) is 2.56. The van der Waals surface area contributed by atoms with Crippen molar-refractivity contribution in [2.45, 2.75) is 57.1 Å². The van der Waals surface area contributed by atoms with Gasteiger partial charge < -0.3 is 4.74 Å². The van der Waals surface area contributed by atoms with Crippen molar-refractivity contribution < 1.29 is 4.74 Å². The second-order valence-corrected chi connectivity index (χ2v) is 8.01. The smallest absolute Gasteiger partial charge is 0.0701 e. The van der Waals surface area contributed by atoms with Gasteiger partial charge in [-0.15, -0.1) is 0 Å². The van der Waals surface area contributed by atoms with Crippen molar-refractivity contribution in [3.05, 3.63) is 0 Å². The lowest BCUT2D eigenvalue weighted by Crippen LogP contribution is -2.52. The zero-order chi connectivity index (χ0) is 13.3. The monoisotopic (exact) mass is 284 g/mol. The Balaban J connectivity index is 1.65. The molecule has 0 aromatic carbocycles. The van der Waals surface area contributed by atoms with Crippen LogP contribution in [0.4, 0.5) is 0 Å². The minimum Gasteiger partial charge on any atom is -0.375 e. The van der Waals surface area contributed by atoms with Gasteiger partial charge in [-0.3, -0.25) is 11.3 Å². The second-order valence-electron chi connectivity index (χ2n) is 6.79. The highest BCUT2D eigenvalue weighted by Gasteiger charge is 2.44. The van der Waals surface area contributed by atoms with Crippen LogP contribution in [0.1, 0.15) is 45.4 Å². The van der Waals surface area contributed by atoms with Crippen LogP contribution < -0.4 is 11.3 Å². The third kappa shape index (κ3) is 3.12. The van der Waals surface area contributed by atoms with Crippen molar-refractivity contribution in [1.82, 2.24) is 5.43 Å². The van der Waals surface area contributed by atoms with Crippen molar-refractivity contribution in [1.29, 1.82) is 0 Å². The first-order valence-corrected chi connectivity index (χ1v) is 9.07. The Morgan fingerprint density at radius 2 is 1.95 bits per heavy atom. The van der Waals surface area contributed by atoms with Crippen molar-refractivity contribution >= 4 is 11.8 Å². The Hall–Kier alpha value is 0.230. The predicted molar refractivity (Wildman–Crippen MR) is 81.0 cm³/mol. The van der Waals surface area contributed by atoms with Crippen LogP contribution in [-0.2, 0) is 4.74 Å². The first-order valence-electron chi connectivity index (χ1n) is 7.92. The molecule has 3 fully saturated rings. The van der Waals surface area contributed by atoms with Gasteiger partial charge in [0.15, 0.2) is 0 Å². The van der Waals surface area contributed by atoms with Gasteiger partial charge in [-0.2, -0.15) is 11.8 Å². The summed E-state index contributed by atoms with van der Waals surface area (Å²) >= 11 is 2.08. The molecule has 0 amide bonds. The fourth-order valence-electron chi connectivity index (χ4n) is 4.10. The molecule has 3 N–H and O–H groups in total. The SMILES string of the molecule is CC(C1CC1)C(NN)C1CCOC2(CCSCC2)C1. The quantitative estimate of drug-likeness (QED) is 0.615. The van der Waals surface area contributed by atoms with Gasteiger partial charge in [0.25, 0.3) is 0 Å². The number of nitrogens with two attached hydrogens (primary N) is 1. The van der Waals surface area contributed by atoms with E-state index in [1.165, 1.54) is 50.0 Å². The van der Waals surface area contributed by atoms with E-state index < -0.39 is 0 Å². The Bertz CT molecular complexity index is 297. The van der Waals surface area contributed by atoms with Crippen molar-refractivity contribution in [3.63, 3.8) is 0 Å². The molecule has 3 aliphatic rings. The van der Waals surface area contributed by atoms with E-state index in [9.17, 15) is 0 Å². The number of hydrogen-bond acceptors (Lipinski definition) is 4. The van der Waals surface area contributed by atoms with Crippen molar-refractivity contribution in [3.8, 4) is 0 Å². The van der Waals surface area contributed by atoms with Crippen LogP contribution in [0.5, 0.6) is 0 Å². The van der Waals surface area contributed by atoms with Crippen LogP contribution >= 0.6 is 11.8 Å². The van der Waals surface area contributed by atoms with Gasteiger partial charge in [-0.05, 0) is 67.8 Å². The molecule has 2 aliphatic heterocycles. The van der Waals surface area contributed by atoms with E-state index >= 15 is 0 Å². The topological polar surface area (TPSA) is 47.3 Å². The summed E-state index contributed by atoms with van der Waals surface area (Å²) in [6.07, 6.45) is 7.70. The van der Waals surface area contributed by atoms with Gasteiger partial charge in [-0.1, -0.05) is 6.92 Å². The van der Waals surface area contributed by atoms with Gasteiger partial charge in [0.1, 0.15) is 0 Å². The molecule has 0 bridgehead atoms. The van der Waals surface area contributed by atoms with E-state index in [-0.39, 0.29) is 5.60 Å². The lowest BCUT2D eigenvalue weighted by atomic mass is 9.75. The number of ether oxygens (including phenoxy) is 1. The summed E-state index contributed by atoms with van der Waals surface area (Å²) in [4.78, 5) is 0. The van der Waals surface area contributed by atoms with Gasteiger partial charge >= 0.3 is 0 Å². The van der Waals surface area contributed by atoms with Crippen molar-refractivity contribution in [2.24, 2.45) is 23.6 Å². The van der Waals surface area contributed by atoms with E-state index in [0.717, 1.165) is 18.4 Å². The van der Waals surface area contributed by atoms with E-state index in [1.54, 1.807) is 0 Å². The Morgan fingerprint density at radius 3 is 2.58 bits per heavy atom. The average molecular weight is 284 g/mol. The van der Waals surface area contributed by atoms with Crippen LogP contribution in [0.2, 0.25) is 0 Å². The summed E-state index contributed by atoms with van der Waals surface area (Å²) in [6.45, 7) is 3.33. The van der Waals surface area contributed by atoms with Crippen LogP contribution in [0.25, 0.3) is 0 Å². The molecule has 1 saturated carbocycles. The standard InChI is InChI=1S/C15H28N2OS/c1-11(12-2-3-12)14(17-16)13-4-7-18-15(10-13)5-8-19-9-6-15/h11-14,17H,2-10,16H2,1H3. The summed E-state index contributed by atoms with van der Waals surface area (Å²) in [5.74, 6) is 10.8. The molecular weight excluding hydrogens is 256 g/mol. The van der Waals surface area contributed by atoms with E-state index in [1.807, 2.05) is 0 Å². The molecule has 1 spiro atoms. The normalized spacial score (nSPS) is 34.1. The number of thioether (sulfide) groups is 1. The Labute approximate surface area is 121 Å². The second kappa shape index (κ2) is 5.92. The van der Waals surface area contributed by atoms with E-state index in [2.05, 4.69) is 24.1 Å². The highest BCUT2D eigenvalue weighted by atomic mass is 32.2. The van der Waals surface area contributed by atoms with Crippen LogP contribution in [-0.4, -0.2) is 29.8 Å². The molecule has 3 unspecified atom stereocenters. The zero-order valence-corrected chi connectivity index (χ0v) is 12.9. The number of nitrogens with one attached hydrogen (secondary N) is 1. The van der Waals surface area contributed by atoms with Crippen LogP contribution in [0, 0.1) is 17.8 Å². The maximum Gasteiger partial charge on any atom is 0.0701 e. The molecule has 0 aromatic rings. The van der Waals surface area contributed by atoms with E-state index in [4.69, 9.17) is 10.6 Å². The molecule has 2 saturated heterocycles. The van der Waals surface area contributed by atoms with Gasteiger partial charge in [-0.25, -0.2) is 0 Å². The molecule has 110 valence electrons. The molecule has 3 rings (SSSR count). The Morgan fingerprint density at radius 1 is 1.21 bits per heavy atom. The lowest BCUT2D eigenvalue weighted by Gasteiger charge is -2.46. The first-order chi connectivity index (χ1) is 9.24. The molecule has 0 aromatic heterocycles. The lowest BCUT2D eigenvalue weighted by molar-refractivity contribution is -0.110. The summed E-state index contributed by atoms with van der Waals surface area (Å²) in [6, 6.07) is 0.489. The molecule has 0 radical (unpaired) electrons. The largest absolute Gasteiger partial charge is 0.375 e. The van der Waals surface area contributed by atoms with Crippen molar-refractivity contribution in [2.75, 3.05) is 18.1 Å². The molecule has 2 heterocycles. The average Bonchev–Trinajstić information content (AvgIpc) is 3.25. The third-order valence-corrected chi connectivity index (χ3v) is 6.55. The van der Waals surface area contributed by atoms with Crippen LogP contribution in [0.3, 0.4) is 0 Å². The highest BCUT2D eigenvalue weighted by molar-refractivity contribution is 7.99. The maximum absolute atomic E-state index is 6.21. The minimum atomic E-state index is 0.187. The first kappa shape index (κ1) is 14.2. The number of hydrogen-bond donors (Lipinski definition) is 2. The van der Waals surface area contributed by atoms with E-state index in [0.29, 0.717) is 12.0 Å². The zero-order valence-electron chi connectivity index (χ0n) is 12.1.